The van der Waals surface area contributed by atoms with E-state index in [0.717, 1.165) is 11.3 Å². The molecule has 1 aromatic heterocycles. The van der Waals surface area contributed by atoms with Gasteiger partial charge >= 0.3 is 29.6 Å². The number of thiazole rings is 1. The fourth-order valence-corrected chi connectivity index (χ4v) is 4.02. The molecule has 1 saturated heterocycles. The van der Waals surface area contributed by atoms with Crippen molar-refractivity contribution in [3.63, 3.8) is 0 Å². The predicted octanol–water partition coefficient (Wildman–Crippen LogP) is -4.28. The Morgan fingerprint density at radius 2 is 2.03 bits per heavy atom. The van der Waals surface area contributed by atoms with Gasteiger partial charge in [-0.15, -0.1) is 11.3 Å². The average molecular weight is 504 g/mol. The predicted molar refractivity (Wildman–Crippen MR) is 111 cm³/mol. The van der Waals surface area contributed by atoms with Crippen molar-refractivity contribution in [3.8, 4) is 0 Å². The second kappa shape index (κ2) is 11.0. The van der Waals surface area contributed by atoms with Crippen molar-refractivity contribution in [1.82, 2.24) is 19.9 Å². The van der Waals surface area contributed by atoms with E-state index in [9.17, 15) is 27.4 Å². The molecule has 2 unspecified atom stereocenters. The van der Waals surface area contributed by atoms with Crippen LogP contribution in [0.4, 0.5) is 5.13 Å². The molecule has 2 heterocycles. The van der Waals surface area contributed by atoms with Crippen LogP contribution < -0.4 is 45.9 Å². The van der Waals surface area contributed by atoms with Gasteiger partial charge in [-0.2, -0.15) is 0 Å². The van der Waals surface area contributed by atoms with Gasteiger partial charge in [0.05, 0.1) is 6.54 Å². The zero-order valence-electron chi connectivity index (χ0n) is 17.4. The number of hydrogen-bond donors (Lipinski definition) is 3. The van der Waals surface area contributed by atoms with Gasteiger partial charge < -0.3 is 25.8 Å². The van der Waals surface area contributed by atoms with Gasteiger partial charge in [0.1, 0.15) is 24.9 Å². The Hall–Kier alpha value is -2.56. The van der Waals surface area contributed by atoms with Gasteiger partial charge in [0.2, 0.25) is 5.91 Å². The van der Waals surface area contributed by atoms with Crippen molar-refractivity contribution in [2.45, 2.75) is 12.1 Å². The molecule has 2 aromatic rings. The zero-order valence-corrected chi connectivity index (χ0v) is 21.1. The van der Waals surface area contributed by atoms with E-state index in [1.54, 1.807) is 30.3 Å². The number of aromatic nitrogens is 1. The summed E-state index contributed by atoms with van der Waals surface area (Å²) in [5, 5.41) is 10.1. The number of benzene rings is 1. The molecule has 4 N–H and O–H groups in total. The minimum absolute atomic E-state index is 0. The summed E-state index contributed by atoms with van der Waals surface area (Å²) in [7, 11) is -3.73. The number of amides is 3. The summed E-state index contributed by atoms with van der Waals surface area (Å²) in [5.41, 5.74) is 5.86. The van der Waals surface area contributed by atoms with Crippen LogP contribution >= 0.6 is 11.3 Å². The molecular weight excluding hydrogens is 487 g/mol. The number of carbonyl (C=O) groups excluding carboxylic acids is 3. The third-order valence-corrected chi connectivity index (χ3v) is 5.85. The molecule has 0 spiro atoms. The summed E-state index contributed by atoms with van der Waals surface area (Å²) in [6.07, 6.45) is 0. The van der Waals surface area contributed by atoms with Crippen LogP contribution in [0.5, 0.6) is 0 Å². The quantitative estimate of drug-likeness (QED) is 0.105. The van der Waals surface area contributed by atoms with E-state index >= 15 is 0 Å². The maximum atomic E-state index is 12.9. The van der Waals surface area contributed by atoms with Crippen LogP contribution in [0.2, 0.25) is 0 Å². The summed E-state index contributed by atoms with van der Waals surface area (Å²) in [4.78, 5) is 46.3. The molecule has 3 rings (SSSR count). The second-order valence-corrected chi connectivity index (χ2v) is 8.58. The second-order valence-electron chi connectivity index (χ2n) is 6.40. The van der Waals surface area contributed by atoms with Gasteiger partial charge in [-0.05, 0) is 5.56 Å². The van der Waals surface area contributed by atoms with Gasteiger partial charge in [0, 0.05) is 5.38 Å². The Bertz CT molecular complexity index is 1170. The normalized spacial score (nSPS) is 16.8. The molecule has 0 bridgehead atoms. The molecule has 16 heteroatoms. The van der Waals surface area contributed by atoms with E-state index in [4.69, 9.17) is 10.6 Å². The molecule has 3 amide bonds. The van der Waals surface area contributed by atoms with Crippen LogP contribution in [0.25, 0.3) is 0 Å². The molecule has 0 aliphatic carbocycles. The number of oxime groups is 1. The summed E-state index contributed by atoms with van der Waals surface area (Å²) in [6.45, 7) is -0.500. The Morgan fingerprint density at radius 1 is 1.36 bits per heavy atom. The van der Waals surface area contributed by atoms with Crippen molar-refractivity contribution >= 4 is 50.2 Å². The van der Waals surface area contributed by atoms with Crippen LogP contribution in [0.3, 0.4) is 0 Å². The number of nitrogens with zero attached hydrogens (tertiary/aromatic N) is 3. The Labute approximate surface area is 214 Å². The molecule has 1 aliphatic heterocycles. The maximum absolute atomic E-state index is 12.9. The summed E-state index contributed by atoms with van der Waals surface area (Å²) in [6, 6.07) is 5.58. The minimum atomic E-state index is -4.95. The molecule has 13 nitrogen and oxygen atoms in total. The van der Waals surface area contributed by atoms with Gasteiger partial charge in [0.25, 0.3) is 11.8 Å². The fraction of sp³-hybridized carbons (Fsp3) is 0.235. The topological polar surface area (TPSA) is 196 Å². The number of nitrogens with one attached hydrogen (secondary N) is 2. The molecule has 1 fully saturated rings. The number of hydrogen-bond acceptors (Lipinski definition) is 11. The van der Waals surface area contributed by atoms with E-state index in [0.29, 0.717) is 5.56 Å². The fourth-order valence-electron chi connectivity index (χ4n) is 2.80. The summed E-state index contributed by atoms with van der Waals surface area (Å²) in [5.74, 6) is -2.68. The first-order valence-corrected chi connectivity index (χ1v) is 11.1. The van der Waals surface area contributed by atoms with E-state index in [-0.39, 0.29) is 50.4 Å². The maximum Gasteiger partial charge on any atom is 1.00 e. The first-order chi connectivity index (χ1) is 15.1. The van der Waals surface area contributed by atoms with Crippen LogP contribution in [-0.2, 0) is 29.5 Å². The largest absolute Gasteiger partial charge is 1.00 e. The first-order valence-electron chi connectivity index (χ1n) is 8.88. The number of carbonyl (C=O) groups is 3. The smallest absolute Gasteiger partial charge is 0.731 e. The number of nitrogens with two attached hydrogens (primary N) is 1. The number of β-lactam (4-membered cyclic amide) rings is 1. The van der Waals surface area contributed by atoms with Crippen molar-refractivity contribution in [3.05, 3.63) is 47.0 Å². The Kier molecular flexibility index (Phi) is 8.93. The first kappa shape index (κ1) is 26.7. The average Bonchev–Trinajstić information content (AvgIpc) is 3.17. The van der Waals surface area contributed by atoms with E-state index in [1.807, 2.05) is 0 Å². The zero-order chi connectivity index (χ0) is 23.5. The minimum Gasteiger partial charge on any atom is -0.731 e. The van der Waals surface area contributed by atoms with E-state index in [1.165, 1.54) is 12.5 Å². The standard InChI is InChI=1S/C17H18N6O7S2.Na/c1-30-22-13(11-8-31-17(18)20-11)15(25)21-12(9-5-3-2-4-6-9)14(24)19-10-7-23(16(10)26)32(27,28)29;/h2-6,8,10,12H,7H2,1H3,(H2,18,20)(H,19,24)(H,21,25)(H,27,28,29);/q;+1/p-1. The molecule has 1 aliphatic rings. The molecule has 0 radical (unpaired) electrons. The van der Waals surface area contributed by atoms with Gasteiger partial charge in [-0.1, -0.05) is 35.5 Å². The van der Waals surface area contributed by atoms with Crippen molar-refractivity contribution in [2.24, 2.45) is 5.16 Å². The molecular formula is C17H17N6NaO7S2. The number of anilines is 1. The molecule has 170 valence electrons. The Morgan fingerprint density at radius 3 is 2.55 bits per heavy atom. The third-order valence-electron chi connectivity index (χ3n) is 4.31. The van der Waals surface area contributed by atoms with Gasteiger partial charge in [-0.25, -0.2) is 17.7 Å². The SMILES string of the molecule is CON=C(C(=O)NC(C(=O)NC1CN(S(=O)(=O)[O-])C1=O)c1ccccc1)c1csc(N)n1.[Na+]. The van der Waals surface area contributed by atoms with Crippen LogP contribution in [-0.4, -0.2) is 65.4 Å². The van der Waals surface area contributed by atoms with Gasteiger partial charge in [-0.3, -0.25) is 14.4 Å². The monoisotopic (exact) mass is 504 g/mol. The molecule has 2 atom stereocenters. The van der Waals surface area contributed by atoms with Crippen molar-refractivity contribution in [1.29, 1.82) is 0 Å². The molecule has 1 aromatic carbocycles. The number of rotatable bonds is 8. The van der Waals surface area contributed by atoms with Crippen molar-refractivity contribution in [2.75, 3.05) is 19.4 Å². The van der Waals surface area contributed by atoms with E-state index < -0.39 is 46.7 Å². The van der Waals surface area contributed by atoms with Gasteiger partial charge in [0.15, 0.2) is 21.1 Å². The molecule has 0 saturated carbocycles. The molecule has 33 heavy (non-hydrogen) atoms. The third kappa shape index (κ3) is 6.27. The van der Waals surface area contributed by atoms with Crippen LogP contribution in [0.15, 0.2) is 40.9 Å². The summed E-state index contributed by atoms with van der Waals surface area (Å²) >= 11 is 1.07. The summed E-state index contributed by atoms with van der Waals surface area (Å²) < 4.78 is 33.0. The van der Waals surface area contributed by atoms with E-state index in [2.05, 4.69) is 20.8 Å². The number of nitrogen functional groups attached to an aromatic ring is 1. The van der Waals surface area contributed by atoms with Crippen LogP contribution in [0.1, 0.15) is 17.3 Å². The van der Waals surface area contributed by atoms with Crippen molar-refractivity contribution < 1.29 is 61.7 Å². The van der Waals surface area contributed by atoms with Crippen LogP contribution in [0, 0.1) is 0 Å². The Balaban J connectivity index is 0.00000385.